The van der Waals surface area contributed by atoms with Gasteiger partial charge in [0.25, 0.3) is 5.89 Å². The van der Waals surface area contributed by atoms with Crippen LogP contribution < -0.4 is 4.72 Å². The van der Waals surface area contributed by atoms with Crippen LogP contribution in [0.3, 0.4) is 0 Å². The van der Waals surface area contributed by atoms with E-state index in [1.165, 1.54) is 0 Å². The second-order valence-corrected chi connectivity index (χ2v) is 11.5. The van der Waals surface area contributed by atoms with Gasteiger partial charge in [0.2, 0.25) is 15.8 Å². The third-order valence-corrected chi connectivity index (χ3v) is 8.65. The van der Waals surface area contributed by atoms with Crippen LogP contribution in [0.2, 0.25) is 0 Å². The van der Waals surface area contributed by atoms with Crippen LogP contribution in [0.25, 0.3) is 17.0 Å². The van der Waals surface area contributed by atoms with E-state index in [4.69, 9.17) is 9.26 Å². The van der Waals surface area contributed by atoms with Gasteiger partial charge in [-0.2, -0.15) is 10.2 Å². The molecule has 0 radical (unpaired) electrons. The molecule has 3 atom stereocenters. The lowest BCUT2D eigenvalue weighted by atomic mass is 9.83. The molecule has 2 unspecified atom stereocenters. The fraction of sp³-hybridized carbons (Fsp3) is 0.480. The van der Waals surface area contributed by atoms with Crippen molar-refractivity contribution in [2.75, 3.05) is 0 Å². The number of nitrogens with zero attached hydrogens (tertiary/aromatic N) is 3. The van der Waals surface area contributed by atoms with Crippen molar-refractivity contribution in [3.8, 4) is 17.5 Å². The smallest absolute Gasteiger partial charge is 0.254 e. The minimum absolute atomic E-state index is 0.0167. The second-order valence-electron chi connectivity index (χ2n) is 9.50. The number of benzene rings is 1. The molecule has 0 bridgehead atoms. The first-order valence-corrected chi connectivity index (χ1v) is 13.3. The van der Waals surface area contributed by atoms with E-state index < -0.39 is 15.9 Å². The van der Waals surface area contributed by atoms with Gasteiger partial charge in [-0.1, -0.05) is 30.3 Å². The van der Waals surface area contributed by atoms with Crippen LogP contribution in [0, 0.1) is 23.2 Å². The van der Waals surface area contributed by atoms with E-state index in [-0.39, 0.29) is 23.3 Å². The van der Waals surface area contributed by atoms with Gasteiger partial charge < -0.3 is 9.26 Å². The van der Waals surface area contributed by atoms with Crippen LogP contribution in [0.5, 0.6) is 0 Å². The molecule has 0 amide bonds. The zero-order valence-corrected chi connectivity index (χ0v) is 20.3. The molecule has 8 nitrogen and oxygen atoms in total. The molecule has 0 aliphatic heterocycles. The van der Waals surface area contributed by atoms with E-state index in [2.05, 4.69) is 20.9 Å². The van der Waals surface area contributed by atoms with E-state index in [0.29, 0.717) is 23.9 Å². The highest BCUT2D eigenvalue weighted by Crippen LogP contribution is 2.40. The fourth-order valence-corrected chi connectivity index (χ4v) is 6.38. The van der Waals surface area contributed by atoms with Crippen molar-refractivity contribution in [1.82, 2.24) is 14.9 Å². The third-order valence-electron chi connectivity index (χ3n) is 6.69. The largest absolute Gasteiger partial charge is 0.494 e. The molecular weight excluding hydrogens is 452 g/mol. The highest BCUT2D eigenvalue weighted by atomic mass is 32.2. The zero-order chi connectivity index (χ0) is 24.0. The van der Waals surface area contributed by atoms with Crippen molar-refractivity contribution in [1.29, 1.82) is 5.26 Å². The molecule has 1 saturated carbocycles. The van der Waals surface area contributed by atoms with E-state index in [0.717, 1.165) is 41.5 Å². The van der Waals surface area contributed by atoms with Gasteiger partial charge in [-0.05, 0) is 62.8 Å². The van der Waals surface area contributed by atoms with Gasteiger partial charge in [0.05, 0.1) is 17.4 Å². The Hall–Kier alpha value is -2.96. The molecule has 5 rings (SSSR count). The Labute approximate surface area is 199 Å². The SMILES string of the molecule is CC(C)OC1=CC=C(c2nc(-c3cccc4c3CC[C@@H]4NS(=O)(=O)C3CC3)no2)C(C)C1C#N. The standard InChI is InChI=1S/C25H28N4O4S/c1-14(2)32-23-12-10-17(15(3)21(23)13-26)25-27-24(28-33-25)20-6-4-5-19-18(20)9-11-22(19)29-34(30,31)16-7-8-16/h4-6,10,12,14-16,21-22,29H,7-9,11H2,1-3H3/t15?,21?,22-/m0/s1. The molecule has 9 heteroatoms. The van der Waals surface area contributed by atoms with Crippen LogP contribution in [0.15, 0.2) is 40.6 Å². The molecule has 1 fully saturated rings. The Morgan fingerprint density at radius 1 is 1.24 bits per heavy atom. The highest BCUT2D eigenvalue weighted by molar-refractivity contribution is 7.90. The highest BCUT2D eigenvalue weighted by Gasteiger charge is 2.39. The maximum atomic E-state index is 12.5. The predicted molar refractivity (Wildman–Crippen MR) is 126 cm³/mol. The number of hydrogen-bond acceptors (Lipinski definition) is 7. The summed E-state index contributed by atoms with van der Waals surface area (Å²) in [5, 5.41) is 13.7. The first-order chi connectivity index (χ1) is 16.3. The van der Waals surface area contributed by atoms with Gasteiger partial charge in [0.1, 0.15) is 11.7 Å². The van der Waals surface area contributed by atoms with Crippen LogP contribution >= 0.6 is 0 Å². The molecule has 3 aliphatic rings. The predicted octanol–water partition coefficient (Wildman–Crippen LogP) is 4.29. The number of nitrogens with one attached hydrogen (secondary N) is 1. The molecule has 3 aliphatic carbocycles. The Kier molecular flexibility index (Phi) is 5.82. The van der Waals surface area contributed by atoms with Gasteiger partial charge in [0.15, 0.2) is 0 Å². The maximum absolute atomic E-state index is 12.5. The molecule has 2 aromatic rings. The number of allylic oxidation sites excluding steroid dienone is 4. The van der Waals surface area contributed by atoms with Gasteiger partial charge >= 0.3 is 0 Å². The Morgan fingerprint density at radius 3 is 2.74 bits per heavy atom. The lowest BCUT2D eigenvalue weighted by Crippen LogP contribution is -2.30. The van der Waals surface area contributed by atoms with Gasteiger partial charge in [0, 0.05) is 23.1 Å². The molecule has 0 saturated heterocycles. The number of sulfonamides is 1. The number of rotatable bonds is 7. The number of hydrogen-bond donors (Lipinski definition) is 1. The minimum Gasteiger partial charge on any atom is -0.494 e. The van der Waals surface area contributed by atoms with E-state index in [9.17, 15) is 13.7 Å². The number of fused-ring (bicyclic) bond motifs is 1. The van der Waals surface area contributed by atoms with Gasteiger partial charge in [-0.25, -0.2) is 13.1 Å². The summed E-state index contributed by atoms with van der Waals surface area (Å²) in [4.78, 5) is 4.66. The molecule has 1 N–H and O–H groups in total. The van der Waals surface area contributed by atoms with E-state index >= 15 is 0 Å². The summed E-state index contributed by atoms with van der Waals surface area (Å²) in [7, 11) is -3.28. The minimum atomic E-state index is -3.28. The average Bonchev–Trinajstić information content (AvgIpc) is 3.44. The molecule has 1 heterocycles. The zero-order valence-electron chi connectivity index (χ0n) is 19.5. The average molecular weight is 481 g/mol. The number of aromatic nitrogens is 2. The molecule has 178 valence electrons. The van der Waals surface area contributed by atoms with Crippen LogP contribution in [0.4, 0.5) is 0 Å². The van der Waals surface area contributed by atoms with Crippen molar-refractivity contribution in [2.24, 2.45) is 11.8 Å². The van der Waals surface area contributed by atoms with Crippen molar-refractivity contribution in [3.05, 3.63) is 53.1 Å². The first-order valence-electron chi connectivity index (χ1n) is 11.7. The van der Waals surface area contributed by atoms with Gasteiger partial charge in [-0.3, -0.25) is 0 Å². The number of ether oxygens (including phenoxy) is 1. The van der Waals surface area contributed by atoms with Crippen molar-refractivity contribution in [3.63, 3.8) is 0 Å². The topological polar surface area (TPSA) is 118 Å². The summed E-state index contributed by atoms with van der Waals surface area (Å²) >= 11 is 0. The first kappa shape index (κ1) is 22.8. The summed E-state index contributed by atoms with van der Waals surface area (Å²) in [5.74, 6) is 0.893. The summed E-state index contributed by atoms with van der Waals surface area (Å²) in [5.41, 5.74) is 3.66. The molecular formula is C25H28N4O4S. The van der Waals surface area contributed by atoms with Crippen molar-refractivity contribution >= 4 is 15.6 Å². The monoisotopic (exact) mass is 480 g/mol. The Balaban J connectivity index is 1.42. The third kappa shape index (κ3) is 4.17. The van der Waals surface area contributed by atoms with Crippen LogP contribution in [-0.2, 0) is 21.2 Å². The normalized spacial score (nSPS) is 24.4. The summed E-state index contributed by atoms with van der Waals surface area (Å²) in [6, 6.07) is 7.92. The lowest BCUT2D eigenvalue weighted by molar-refractivity contribution is 0.122. The second kappa shape index (κ2) is 8.67. The van der Waals surface area contributed by atoms with E-state index in [1.54, 1.807) is 0 Å². The van der Waals surface area contributed by atoms with Crippen molar-refractivity contribution in [2.45, 2.75) is 63.9 Å². The fourth-order valence-electron chi connectivity index (χ4n) is 4.79. The summed E-state index contributed by atoms with van der Waals surface area (Å²) in [6.07, 6.45) is 6.59. The van der Waals surface area contributed by atoms with Gasteiger partial charge in [-0.15, -0.1) is 0 Å². The summed E-state index contributed by atoms with van der Waals surface area (Å²) < 4.78 is 39.3. The molecule has 0 spiro atoms. The summed E-state index contributed by atoms with van der Waals surface area (Å²) in [6.45, 7) is 5.82. The van der Waals surface area contributed by atoms with Crippen LogP contribution in [0.1, 0.15) is 63.1 Å². The Bertz CT molecular complexity index is 1310. The van der Waals surface area contributed by atoms with Crippen molar-refractivity contribution < 1.29 is 17.7 Å². The number of nitriles is 1. The lowest BCUT2D eigenvalue weighted by Gasteiger charge is -2.26. The Morgan fingerprint density at radius 2 is 2.03 bits per heavy atom. The van der Waals surface area contributed by atoms with E-state index in [1.807, 2.05) is 51.1 Å². The quantitative estimate of drug-likeness (QED) is 0.628. The maximum Gasteiger partial charge on any atom is 0.254 e. The van der Waals surface area contributed by atoms with Crippen LogP contribution in [-0.4, -0.2) is 29.9 Å². The molecule has 1 aromatic carbocycles. The molecule has 1 aromatic heterocycles. The molecule has 34 heavy (non-hydrogen) atoms.